The lowest BCUT2D eigenvalue weighted by molar-refractivity contribution is -0.115. The Kier molecular flexibility index (Phi) is 4.16. The minimum atomic E-state index is -0.0621. The Morgan fingerprint density at radius 1 is 1.60 bits per heavy atom. The molecule has 0 aliphatic heterocycles. The van der Waals surface area contributed by atoms with Crippen molar-refractivity contribution in [3.8, 4) is 0 Å². The van der Waals surface area contributed by atoms with Crippen LogP contribution in [-0.2, 0) is 11.8 Å². The quantitative estimate of drug-likeness (QED) is 0.798. The number of thioether (sulfide) groups is 1. The van der Waals surface area contributed by atoms with Gasteiger partial charge in [0.1, 0.15) is 0 Å². The van der Waals surface area contributed by atoms with Crippen LogP contribution >= 0.6 is 23.1 Å². The van der Waals surface area contributed by atoms with Crippen LogP contribution in [0.25, 0.3) is 0 Å². The van der Waals surface area contributed by atoms with Gasteiger partial charge in [0.2, 0.25) is 0 Å². The zero-order valence-corrected chi connectivity index (χ0v) is 11.1. The van der Waals surface area contributed by atoms with Crippen molar-refractivity contribution >= 4 is 29.0 Å². The van der Waals surface area contributed by atoms with Crippen LogP contribution in [0.2, 0.25) is 0 Å². The molecule has 1 aromatic heterocycles. The first-order chi connectivity index (χ1) is 6.88. The predicted molar refractivity (Wildman–Crippen MR) is 66.1 cm³/mol. The summed E-state index contributed by atoms with van der Waals surface area (Å²) >= 11 is 3.10. The van der Waals surface area contributed by atoms with E-state index in [9.17, 15) is 4.79 Å². The van der Waals surface area contributed by atoms with Crippen molar-refractivity contribution in [1.82, 2.24) is 4.57 Å². The molecule has 0 aliphatic rings. The number of amides is 1. The van der Waals surface area contributed by atoms with Gasteiger partial charge in [0, 0.05) is 23.4 Å². The molecule has 1 rings (SSSR count). The minimum Gasteiger partial charge on any atom is -0.327 e. The number of aryl methyl sites for hydroxylation is 1. The van der Waals surface area contributed by atoms with Gasteiger partial charge in [-0.3, -0.25) is 4.79 Å². The molecule has 84 valence electrons. The summed E-state index contributed by atoms with van der Waals surface area (Å²) in [7, 11) is 1.89. The Morgan fingerprint density at radius 3 is 2.73 bits per heavy atom. The molecule has 3 nitrogen and oxygen atoms in total. The first-order valence-electron chi connectivity index (χ1n) is 4.70. The van der Waals surface area contributed by atoms with Gasteiger partial charge in [-0.1, -0.05) is 20.8 Å². The smallest absolute Gasteiger partial charge is 0.258 e. The van der Waals surface area contributed by atoms with Crippen LogP contribution in [-0.4, -0.2) is 21.0 Å². The molecule has 15 heavy (non-hydrogen) atoms. The summed E-state index contributed by atoms with van der Waals surface area (Å²) in [6, 6.07) is 0. The van der Waals surface area contributed by atoms with E-state index in [0.29, 0.717) is 5.75 Å². The minimum absolute atomic E-state index is 0.0621. The molecule has 0 fully saturated rings. The second-order valence-electron chi connectivity index (χ2n) is 4.20. The number of carbonyl (C=O) groups excluding carboxylic acids is 1. The Labute approximate surface area is 98.2 Å². The molecular weight excluding hydrogens is 228 g/mol. The van der Waals surface area contributed by atoms with Crippen LogP contribution in [0.4, 0.5) is 0 Å². The van der Waals surface area contributed by atoms with Gasteiger partial charge in [-0.15, -0.1) is 23.1 Å². The van der Waals surface area contributed by atoms with E-state index in [4.69, 9.17) is 0 Å². The highest BCUT2D eigenvalue weighted by Crippen LogP contribution is 2.22. The Balaban J connectivity index is 2.61. The average molecular weight is 244 g/mol. The molecule has 1 heterocycles. The predicted octanol–water partition coefficient (Wildman–Crippen LogP) is 2.05. The lowest BCUT2D eigenvalue weighted by Gasteiger charge is -2.15. The molecule has 0 aromatic carbocycles. The fraction of sp³-hybridized carbons (Fsp3) is 0.600. The first-order valence-corrected chi connectivity index (χ1v) is 6.57. The third-order valence-corrected chi connectivity index (χ3v) is 3.71. The van der Waals surface area contributed by atoms with Crippen molar-refractivity contribution in [3.05, 3.63) is 16.4 Å². The van der Waals surface area contributed by atoms with E-state index in [-0.39, 0.29) is 10.7 Å². The summed E-state index contributed by atoms with van der Waals surface area (Å²) in [5.41, 5.74) is 0. The number of thiazole rings is 1. The second kappa shape index (κ2) is 4.99. The number of carbonyl (C=O) groups is 1. The zero-order valence-electron chi connectivity index (χ0n) is 9.48. The van der Waals surface area contributed by atoms with Crippen molar-refractivity contribution in [2.75, 3.05) is 5.75 Å². The standard InChI is InChI=1S/C10H16N2OS2/c1-10(2,3)15-7-8(13)11-9-12(4)5-6-14-9/h5-6H,7H2,1-4H3. The highest BCUT2D eigenvalue weighted by Gasteiger charge is 2.12. The summed E-state index contributed by atoms with van der Waals surface area (Å²) in [5, 5.41) is 1.92. The number of hydrogen-bond donors (Lipinski definition) is 0. The highest BCUT2D eigenvalue weighted by molar-refractivity contribution is 8.01. The fourth-order valence-electron chi connectivity index (χ4n) is 0.852. The van der Waals surface area contributed by atoms with E-state index in [0.717, 1.165) is 4.80 Å². The van der Waals surface area contributed by atoms with Crippen LogP contribution in [0.15, 0.2) is 16.6 Å². The van der Waals surface area contributed by atoms with Crippen molar-refractivity contribution in [2.45, 2.75) is 25.5 Å². The maximum atomic E-state index is 11.5. The molecule has 1 amide bonds. The van der Waals surface area contributed by atoms with E-state index >= 15 is 0 Å². The topological polar surface area (TPSA) is 34.4 Å². The fourth-order valence-corrected chi connectivity index (χ4v) is 2.22. The van der Waals surface area contributed by atoms with E-state index < -0.39 is 0 Å². The largest absolute Gasteiger partial charge is 0.327 e. The molecule has 0 aliphatic carbocycles. The first kappa shape index (κ1) is 12.5. The molecule has 0 bridgehead atoms. The maximum absolute atomic E-state index is 11.5. The summed E-state index contributed by atoms with van der Waals surface area (Å²) < 4.78 is 1.97. The van der Waals surface area contributed by atoms with Gasteiger partial charge in [0.25, 0.3) is 5.91 Å². The van der Waals surface area contributed by atoms with Gasteiger partial charge in [-0.25, -0.2) is 0 Å². The Hall–Kier alpha value is -0.550. The normalized spacial score (nSPS) is 13.2. The number of hydrogen-bond acceptors (Lipinski definition) is 3. The van der Waals surface area contributed by atoms with Crippen molar-refractivity contribution in [2.24, 2.45) is 12.0 Å². The third-order valence-electron chi connectivity index (χ3n) is 1.61. The summed E-state index contributed by atoms with van der Waals surface area (Å²) in [5.74, 6) is 0.384. The van der Waals surface area contributed by atoms with E-state index in [2.05, 4.69) is 25.8 Å². The molecule has 0 saturated carbocycles. The van der Waals surface area contributed by atoms with E-state index in [1.54, 1.807) is 11.8 Å². The zero-order chi connectivity index (χ0) is 11.5. The third kappa shape index (κ3) is 4.66. The summed E-state index contributed by atoms with van der Waals surface area (Å²) in [6.07, 6.45) is 1.90. The highest BCUT2D eigenvalue weighted by atomic mass is 32.2. The average Bonchev–Trinajstić information content (AvgIpc) is 2.47. The Bertz CT molecular complexity index is 398. The lowest BCUT2D eigenvalue weighted by atomic mass is 10.3. The van der Waals surface area contributed by atoms with Crippen molar-refractivity contribution in [3.63, 3.8) is 0 Å². The van der Waals surface area contributed by atoms with Crippen LogP contribution in [0.3, 0.4) is 0 Å². The Morgan fingerprint density at radius 2 is 2.27 bits per heavy atom. The number of aromatic nitrogens is 1. The van der Waals surface area contributed by atoms with Gasteiger partial charge >= 0.3 is 0 Å². The number of rotatable bonds is 2. The van der Waals surface area contributed by atoms with Crippen LogP contribution in [0.5, 0.6) is 0 Å². The molecule has 5 heteroatoms. The van der Waals surface area contributed by atoms with Gasteiger partial charge < -0.3 is 4.57 Å². The van der Waals surface area contributed by atoms with E-state index in [1.807, 2.05) is 23.2 Å². The summed E-state index contributed by atoms with van der Waals surface area (Å²) in [4.78, 5) is 16.3. The second-order valence-corrected chi connectivity index (χ2v) is 6.88. The summed E-state index contributed by atoms with van der Waals surface area (Å²) in [6.45, 7) is 6.28. The molecule has 0 spiro atoms. The van der Waals surface area contributed by atoms with Crippen molar-refractivity contribution < 1.29 is 4.79 Å². The molecule has 0 saturated heterocycles. The molecule has 0 unspecified atom stereocenters. The molecule has 0 N–H and O–H groups in total. The number of nitrogens with zero attached hydrogens (tertiary/aromatic N) is 2. The lowest BCUT2D eigenvalue weighted by Crippen LogP contribution is -2.16. The van der Waals surface area contributed by atoms with Gasteiger partial charge in [0.15, 0.2) is 4.80 Å². The van der Waals surface area contributed by atoms with Crippen LogP contribution in [0.1, 0.15) is 20.8 Å². The van der Waals surface area contributed by atoms with Gasteiger partial charge in [-0.05, 0) is 0 Å². The maximum Gasteiger partial charge on any atom is 0.258 e. The molecule has 1 aromatic rings. The SMILES string of the molecule is Cn1ccsc1=NC(=O)CSC(C)(C)C. The van der Waals surface area contributed by atoms with Crippen molar-refractivity contribution in [1.29, 1.82) is 0 Å². The van der Waals surface area contributed by atoms with Gasteiger partial charge in [-0.2, -0.15) is 4.99 Å². The van der Waals surface area contributed by atoms with E-state index in [1.165, 1.54) is 11.3 Å². The molecular formula is C10H16N2OS2. The van der Waals surface area contributed by atoms with Crippen LogP contribution in [0, 0.1) is 0 Å². The monoisotopic (exact) mass is 244 g/mol. The molecule has 0 radical (unpaired) electrons. The van der Waals surface area contributed by atoms with Gasteiger partial charge in [0.05, 0.1) is 5.75 Å². The molecule has 0 atom stereocenters. The van der Waals surface area contributed by atoms with Crippen LogP contribution < -0.4 is 4.80 Å².